The number of benzene rings is 2. The monoisotopic (exact) mass is 475 g/mol. The molecular weight excluding hydrogens is 446 g/mol. The van der Waals surface area contributed by atoms with Crippen molar-refractivity contribution in [3.8, 4) is 0 Å². The predicted molar refractivity (Wildman–Crippen MR) is 137 cm³/mol. The fourth-order valence-corrected chi connectivity index (χ4v) is 5.19. The average molecular weight is 476 g/mol. The van der Waals surface area contributed by atoms with Gasteiger partial charge in [-0.2, -0.15) is 0 Å². The second kappa shape index (κ2) is 9.89. The van der Waals surface area contributed by atoms with Crippen molar-refractivity contribution in [2.75, 3.05) is 12.4 Å². The van der Waals surface area contributed by atoms with Crippen molar-refractivity contribution in [2.24, 2.45) is 4.99 Å². The van der Waals surface area contributed by atoms with Crippen molar-refractivity contribution in [2.45, 2.75) is 46.6 Å². The second-order valence-electron chi connectivity index (χ2n) is 8.54. The van der Waals surface area contributed by atoms with Gasteiger partial charge < -0.3 is 15.0 Å². The SMILES string of the molecule is CCC1=C(C(=O)OC)C(c2cccc(C)c2)N2C(CC(=O)Nc3ccc(C)c(C)c3)=CSC2=N1. The molecule has 1 N–H and O–H groups in total. The number of aryl methyl sites for hydroxylation is 3. The highest BCUT2D eigenvalue weighted by Gasteiger charge is 2.41. The van der Waals surface area contributed by atoms with E-state index in [1.54, 1.807) is 0 Å². The number of ether oxygens (including phenoxy) is 1. The second-order valence-corrected chi connectivity index (χ2v) is 9.37. The van der Waals surface area contributed by atoms with Gasteiger partial charge in [-0.1, -0.05) is 54.6 Å². The molecule has 0 aliphatic carbocycles. The Labute approximate surface area is 204 Å². The van der Waals surface area contributed by atoms with Crippen LogP contribution in [0.1, 0.15) is 48.1 Å². The molecule has 2 heterocycles. The fraction of sp³-hybridized carbons (Fsp3) is 0.296. The Balaban J connectivity index is 1.68. The molecule has 0 radical (unpaired) electrons. The highest BCUT2D eigenvalue weighted by atomic mass is 32.2. The van der Waals surface area contributed by atoms with Gasteiger partial charge in [0.1, 0.15) is 0 Å². The highest BCUT2D eigenvalue weighted by molar-refractivity contribution is 8.16. The van der Waals surface area contributed by atoms with Gasteiger partial charge in [0.2, 0.25) is 5.91 Å². The van der Waals surface area contributed by atoms with E-state index in [-0.39, 0.29) is 12.3 Å². The number of carbonyl (C=O) groups is 2. The number of anilines is 1. The van der Waals surface area contributed by atoms with Crippen LogP contribution in [0.25, 0.3) is 0 Å². The van der Waals surface area contributed by atoms with Crippen LogP contribution in [-0.2, 0) is 14.3 Å². The lowest BCUT2D eigenvalue weighted by molar-refractivity contribution is -0.136. The lowest BCUT2D eigenvalue weighted by atomic mass is 9.92. The zero-order valence-corrected chi connectivity index (χ0v) is 21.0. The van der Waals surface area contributed by atoms with Gasteiger partial charge in [-0.05, 0) is 61.4 Å². The Morgan fingerprint density at radius 2 is 1.91 bits per heavy atom. The number of allylic oxidation sites excluding steroid dienone is 1. The molecule has 0 fully saturated rings. The molecule has 1 unspecified atom stereocenters. The number of esters is 1. The Morgan fingerprint density at radius 1 is 1.12 bits per heavy atom. The van der Waals surface area contributed by atoms with Crippen LogP contribution in [0.3, 0.4) is 0 Å². The van der Waals surface area contributed by atoms with Crippen molar-refractivity contribution in [1.82, 2.24) is 4.90 Å². The van der Waals surface area contributed by atoms with Gasteiger partial charge >= 0.3 is 5.97 Å². The number of carbonyl (C=O) groups excluding carboxylic acids is 2. The van der Waals surface area contributed by atoms with Gasteiger partial charge in [0, 0.05) is 11.4 Å². The molecule has 0 aromatic heterocycles. The van der Waals surface area contributed by atoms with E-state index in [9.17, 15) is 9.59 Å². The van der Waals surface area contributed by atoms with E-state index >= 15 is 0 Å². The summed E-state index contributed by atoms with van der Waals surface area (Å²) >= 11 is 1.48. The largest absolute Gasteiger partial charge is 0.466 e. The van der Waals surface area contributed by atoms with Crippen molar-refractivity contribution in [3.05, 3.63) is 87.1 Å². The van der Waals surface area contributed by atoms with Gasteiger partial charge in [-0.3, -0.25) is 4.79 Å². The summed E-state index contributed by atoms with van der Waals surface area (Å²) in [6, 6.07) is 13.6. The minimum absolute atomic E-state index is 0.121. The van der Waals surface area contributed by atoms with E-state index < -0.39 is 12.0 Å². The highest BCUT2D eigenvalue weighted by Crippen LogP contribution is 2.45. The van der Waals surface area contributed by atoms with Crippen LogP contribution in [0.2, 0.25) is 0 Å². The zero-order valence-electron chi connectivity index (χ0n) is 20.1. The van der Waals surface area contributed by atoms with Gasteiger partial charge in [0.25, 0.3) is 0 Å². The van der Waals surface area contributed by atoms with E-state index in [1.807, 2.05) is 74.4 Å². The summed E-state index contributed by atoms with van der Waals surface area (Å²) in [6.45, 7) is 8.07. The maximum absolute atomic E-state index is 13.0. The summed E-state index contributed by atoms with van der Waals surface area (Å²) in [7, 11) is 1.39. The normalized spacial score (nSPS) is 17.2. The third-order valence-corrected chi connectivity index (χ3v) is 7.01. The summed E-state index contributed by atoms with van der Waals surface area (Å²) in [5.41, 5.74) is 7.15. The van der Waals surface area contributed by atoms with E-state index in [4.69, 9.17) is 9.73 Å². The van der Waals surface area contributed by atoms with Crippen LogP contribution in [0, 0.1) is 20.8 Å². The number of amidine groups is 1. The molecule has 0 saturated carbocycles. The van der Waals surface area contributed by atoms with Crippen LogP contribution in [0.15, 0.2) is 69.8 Å². The van der Waals surface area contributed by atoms with Crippen molar-refractivity contribution < 1.29 is 14.3 Å². The predicted octanol–water partition coefficient (Wildman–Crippen LogP) is 5.78. The summed E-state index contributed by atoms with van der Waals surface area (Å²) in [4.78, 5) is 32.7. The standard InChI is InChI=1S/C27H29N3O3S/c1-6-22-24(26(32)33-5)25(19-9-7-8-16(2)12-19)30-21(15-34-27(30)29-22)14-23(31)28-20-11-10-17(3)18(4)13-20/h7-13,15,25H,6,14H2,1-5H3,(H,28,31). The average Bonchev–Trinajstić information content (AvgIpc) is 3.21. The third-order valence-electron chi connectivity index (χ3n) is 6.12. The molecule has 2 aromatic carbocycles. The Kier molecular flexibility index (Phi) is 6.93. The molecule has 176 valence electrons. The number of nitrogens with zero attached hydrogens (tertiary/aromatic N) is 2. The lowest BCUT2D eigenvalue weighted by Gasteiger charge is -2.36. The number of amides is 1. The molecule has 4 rings (SSSR count). The number of fused-ring (bicyclic) bond motifs is 1. The molecular formula is C27H29N3O3S. The minimum atomic E-state index is -0.412. The fourth-order valence-electron chi connectivity index (χ4n) is 4.26. The van der Waals surface area contributed by atoms with Gasteiger partial charge in [0.05, 0.1) is 30.8 Å². The molecule has 7 heteroatoms. The van der Waals surface area contributed by atoms with Gasteiger partial charge in [0.15, 0.2) is 5.17 Å². The molecule has 0 bridgehead atoms. The first kappa shape index (κ1) is 23.8. The van der Waals surface area contributed by atoms with Crippen LogP contribution in [0.4, 0.5) is 5.69 Å². The van der Waals surface area contributed by atoms with Crippen molar-refractivity contribution in [3.63, 3.8) is 0 Å². The third kappa shape index (κ3) is 4.66. The van der Waals surface area contributed by atoms with E-state index in [1.165, 1.54) is 24.4 Å². The Hall–Kier alpha value is -3.32. The summed E-state index contributed by atoms with van der Waals surface area (Å²) in [6.07, 6.45) is 0.768. The van der Waals surface area contributed by atoms with Crippen LogP contribution in [-0.4, -0.2) is 29.1 Å². The minimum Gasteiger partial charge on any atom is -0.466 e. The molecule has 0 spiro atoms. The maximum Gasteiger partial charge on any atom is 0.338 e. The zero-order chi connectivity index (χ0) is 24.4. The van der Waals surface area contributed by atoms with E-state index in [0.717, 1.165) is 33.2 Å². The van der Waals surface area contributed by atoms with Gasteiger partial charge in [-0.25, -0.2) is 9.79 Å². The molecule has 2 aliphatic rings. The number of rotatable bonds is 6. The first-order valence-electron chi connectivity index (χ1n) is 11.3. The maximum atomic E-state index is 13.0. The number of aliphatic imine (C=N–C) groups is 1. The first-order valence-corrected chi connectivity index (χ1v) is 12.2. The van der Waals surface area contributed by atoms with Gasteiger partial charge in [-0.15, -0.1) is 0 Å². The molecule has 34 heavy (non-hydrogen) atoms. The first-order chi connectivity index (χ1) is 16.3. The topological polar surface area (TPSA) is 71.0 Å². The number of nitrogens with one attached hydrogen (secondary N) is 1. The van der Waals surface area contributed by atoms with E-state index in [2.05, 4.69) is 11.4 Å². The number of methoxy groups -OCH3 is 1. The molecule has 6 nitrogen and oxygen atoms in total. The van der Waals surface area contributed by atoms with E-state index in [0.29, 0.717) is 17.7 Å². The summed E-state index contributed by atoms with van der Waals surface area (Å²) in [5.74, 6) is -0.522. The molecule has 1 amide bonds. The Bertz CT molecular complexity index is 1250. The Morgan fingerprint density at radius 3 is 2.59 bits per heavy atom. The molecule has 2 aliphatic heterocycles. The lowest BCUT2D eigenvalue weighted by Crippen LogP contribution is -2.37. The van der Waals surface area contributed by atoms with Crippen LogP contribution >= 0.6 is 11.8 Å². The van der Waals surface area contributed by atoms with Crippen molar-refractivity contribution in [1.29, 1.82) is 0 Å². The summed E-state index contributed by atoms with van der Waals surface area (Å²) in [5, 5.41) is 5.72. The molecule has 2 aromatic rings. The quantitative estimate of drug-likeness (QED) is 0.537. The smallest absolute Gasteiger partial charge is 0.338 e. The number of thioether (sulfide) groups is 1. The number of hydrogen-bond donors (Lipinski definition) is 1. The van der Waals surface area contributed by atoms with Crippen LogP contribution in [0.5, 0.6) is 0 Å². The van der Waals surface area contributed by atoms with Crippen molar-refractivity contribution >= 4 is 34.5 Å². The number of hydrogen-bond acceptors (Lipinski definition) is 6. The molecule has 0 saturated heterocycles. The summed E-state index contributed by atoms with van der Waals surface area (Å²) < 4.78 is 5.17. The van der Waals surface area contributed by atoms with Crippen LogP contribution < -0.4 is 5.32 Å². The molecule has 1 atom stereocenters.